The third-order valence-corrected chi connectivity index (χ3v) is 5.50. The molecule has 1 unspecified atom stereocenters. The quantitative estimate of drug-likeness (QED) is 0.656. The van der Waals surface area contributed by atoms with Crippen molar-refractivity contribution in [3.05, 3.63) is 53.7 Å². The summed E-state index contributed by atoms with van der Waals surface area (Å²) in [5, 5.41) is 10.2. The maximum Gasteiger partial charge on any atom is 0.249 e. The van der Waals surface area contributed by atoms with Gasteiger partial charge >= 0.3 is 0 Å². The number of nitrogens with zero attached hydrogens (tertiary/aromatic N) is 2. The van der Waals surface area contributed by atoms with Crippen LogP contribution in [0.1, 0.15) is 23.6 Å². The van der Waals surface area contributed by atoms with Gasteiger partial charge in [-0.3, -0.25) is 9.59 Å². The number of aryl methyl sites for hydroxylation is 2. The molecule has 0 saturated carbocycles. The lowest BCUT2D eigenvalue weighted by Gasteiger charge is -2.24. The maximum atomic E-state index is 13.0. The van der Waals surface area contributed by atoms with E-state index in [1.165, 1.54) is 0 Å². The first kappa shape index (κ1) is 20.5. The van der Waals surface area contributed by atoms with Crippen molar-refractivity contribution in [1.29, 1.82) is 0 Å². The number of benzene rings is 2. The molecule has 2 heterocycles. The molecule has 1 atom stereocenters. The molecule has 1 aliphatic heterocycles. The summed E-state index contributed by atoms with van der Waals surface area (Å²) < 4.78 is 12.2. The molecule has 160 valence electrons. The molecule has 0 spiro atoms. The van der Waals surface area contributed by atoms with Gasteiger partial charge in [0.25, 0.3) is 0 Å². The predicted octanol–water partition coefficient (Wildman–Crippen LogP) is 3.71. The van der Waals surface area contributed by atoms with Crippen LogP contribution in [0.2, 0.25) is 0 Å². The fraction of sp³-hybridized carbons (Fsp3) is 0.261. The van der Waals surface area contributed by atoms with Gasteiger partial charge < -0.3 is 20.1 Å². The molecule has 2 amide bonds. The highest BCUT2D eigenvalue weighted by molar-refractivity contribution is 6.03. The first-order valence-electron chi connectivity index (χ1n) is 9.89. The minimum absolute atomic E-state index is 0.0106. The van der Waals surface area contributed by atoms with Crippen LogP contribution >= 0.6 is 0 Å². The molecule has 2 N–H and O–H groups in total. The van der Waals surface area contributed by atoms with E-state index in [0.717, 1.165) is 16.7 Å². The highest BCUT2D eigenvalue weighted by atomic mass is 16.5. The Morgan fingerprint density at radius 3 is 2.58 bits per heavy atom. The van der Waals surface area contributed by atoms with Crippen LogP contribution in [-0.4, -0.2) is 35.8 Å². The number of hydrogen-bond donors (Lipinski definition) is 2. The number of nitrogens with one attached hydrogen (secondary N) is 2. The van der Waals surface area contributed by atoms with Gasteiger partial charge in [0.15, 0.2) is 11.5 Å². The second-order valence-electron chi connectivity index (χ2n) is 7.48. The smallest absolute Gasteiger partial charge is 0.249 e. The number of hydrogen-bond acceptors (Lipinski definition) is 5. The van der Waals surface area contributed by atoms with E-state index in [9.17, 15) is 9.59 Å². The summed E-state index contributed by atoms with van der Waals surface area (Å²) >= 11 is 0. The van der Waals surface area contributed by atoms with Crippen molar-refractivity contribution in [1.82, 2.24) is 9.78 Å². The van der Waals surface area contributed by atoms with E-state index in [0.29, 0.717) is 28.6 Å². The van der Waals surface area contributed by atoms with Crippen LogP contribution in [0.5, 0.6) is 11.5 Å². The standard InChI is InChI=1S/C23H24N4O4/c1-13-5-7-16(9-14(13)2)25-23(29)18-11-21(28)26-22-17(12-24-27(18)22)15-6-8-19(30-3)20(10-15)31-4/h5-10,12,18H,11H2,1-4H3,(H,25,29)(H,26,28). The molecule has 8 heteroatoms. The second-order valence-corrected chi connectivity index (χ2v) is 7.48. The number of anilines is 2. The van der Waals surface area contributed by atoms with Gasteiger partial charge in [-0.1, -0.05) is 12.1 Å². The van der Waals surface area contributed by atoms with E-state index in [2.05, 4.69) is 15.7 Å². The number of fused-ring (bicyclic) bond motifs is 1. The van der Waals surface area contributed by atoms with Crippen LogP contribution in [0.25, 0.3) is 11.1 Å². The molecule has 1 aliphatic rings. The number of methoxy groups -OCH3 is 2. The van der Waals surface area contributed by atoms with Gasteiger partial charge in [0.05, 0.1) is 26.8 Å². The van der Waals surface area contributed by atoms with E-state index >= 15 is 0 Å². The molecular formula is C23H24N4O4. The molecule has 2 aromatic carbocycles. The lowest BCUT2D eigenvalue weighted by Crippen LogP contribution is -2.35. The topological polar surface area (TPSA) is 94.5 Å². The molecule has 3 aromatic rings. The average Bonchev–Trinajstić information content (AvgIpc) is 3.18. The lowest BCUT2D eigenvalue weighted by molar-refractivity contribution is -0.125. The van der Waals surface area contributed by atoms with Crippen LogP contribution in [0.4, 0.5) is 11.5 Å². The average molecular weight is 420 g/mol. The zero-order valence-corrected chi connectivity index (χ0v) is 17.9. The zero-order chi connectivity index (χ0) is 22.1. The maximum absolute atomic E-state index is 13.0. The summed E-state index contributed by atoms with van der Waals surface area (Å²) in [5.41, 5.74) is 4.39. The Morgan fingerprint density at radius 1 is 1.10 bits per heavy atom. The molecular weight excluding hydrogens is 396 g/mol. The second kappa shape index (κ2) is 8.14. The Hall–Kier alpha value is -3.81. The van der Waals surface area contributed by atoms with Crippen LogP contribution in [0, 0.1) is 13.8 Å². The molecule has 1 aromatic heterocycles. The highest BCUT2D eigenvalue weighted by Gasteiger charge is 2.33. The zero-order valence-electron chi connectivity index (χ0n) is 17.9. The van der Waals surface area contributed by atoms with Crippen molar-refractivity contribution >= 4 is 23.3 Å². The Balaban J connectivity index is 1.66. The number of carbonyl (C=O) groups excluding carboxylic acids is 2. The first-order chi connectivity index (χ1) is 14.9. The third kappa shape index (κ3) is 3.84. The van der Waals surface area contributed by atoms with Gasteiger partial charge in [0.2, 0.25) is 11.8 Å². The Morgan fingerprint density at radius 2 is 1.87 bits per heavy atom. The van der Waals surface area contributed by atoms with E-state index < -0.39 is 6.04 Å². The van der Waals surface area contributed by atoms with Crippen LogP contribution in [0.15, 0.2) is 42.6 Å². The summed E-state index contributed by atoms with van der Waals surface area (Å²) in [6.45, 7) is 4.00. The number of amides is 2. The monoisotopic (exact) mass is 420 g/mol. The van der Waals surface area contributed by atoms with E-state index in [-0.39, 0.29) is 18.2 Å². The van der Waals surface area contributed by atoms with Gasteiger partial charge in [-0.15, -0.1) is 0 Å². The summed E-state index contributed by atoms with van der Waals surface area (Å²) in [4.78, 5) is 25.4. The predicted molar refractivity (Wildman–Crippen MR) is 118 cm³/mol. The largest absolute Gasteiger partial charge is 0.493 e. The lowest BCUT2D eigenvalue weighted by atomic mass is 10.1. The molecule has 8 nitrogen and oxygen atoms in total. The molecule has 0 fully saturated rings. The molecule has 0 radical (unpaired) electrons. The number of aromatic nitrogens is 2. The van der Waals surface area contributed by atoms with Crippen LogP contribution in [0.3, 0.4) is 0 Å². The Labute approximate surface area is 180 Å². The fourth-order valence-electron chi connectivity index (χ4n) is 3.63. The van der Waals surface area contributed by atoms with Crippen LogP contribution in [-0.2, 0) is 9.59 Å². The summed E-state index contributed by atoms with van der Waals surface area (Å²) in [5.74, 6) is 1.10. The molecule has 31 heavy (non-hydrogen) atoms. The van der Waals surface area contributed by atoms with Crippen molar-refractivity contribution in [2.45, 2.75) is 26.3 Å². The van der Waals surface area contributed by atoms with E-state index in [1.54, 1.807) is 31.2 Å². The van der Waals surface area contributed by atoms with Gasteiger partial charge in [0, 0.05) is 11.3 Å². The summed E-state index contributed by atoms with van der Waals surface area (Å²) in [6, 6.07) is 10.4. The van der Waals surface area contributed by atoms with Crippen molar-refractivity contribution in [3.63, 3.8) is 0 Å². The number of ether oxygens (including phenoxy) is 2. The number of carbonyl (C=O) groups is 2. The summed E-state index contributed by atoms with van der Waals surface area (Å²) in [6.07, 6.45) is 1.65. The van der Waals surface area contributed by atoms with Crippen molar-refractivity contribution in [3.8, 4) is 22.6 Å². The van der Waals surface area contributed by atoms with Crippen LogP contribution < -0.4 is 20.1 Å². The molecule has 0 aliphatic carbocycles. The molecule has 0 bridgehead atoms. The third-order valence-electron chi connectivity index (χ3n) is 5.50. The normalized spacial score (nSPS) is 15.1. The van der Waals surface area contributed by atoms with Gasteiger partial charge in [-0.2, -0.15) is 5.10 Å². The van der Waals surface area contributed by atoms with Crippen molar-refractivity contribution < 1.29 is 19.1 Å². The molecule has 4 rings (SSSR count). The van der Waals surface area contributed by atoms with Gasteiger partial charge in [-0.05, 0) is 54.8 Å². The summed E-state index contributed by atoms with van der Waals surface area (Å²) in [7, 11) is 3.13. The fourth-order valence-corrected chi connectivity index (χ4v) is 3.63. The highest BCUT2D eigenvalue weighted by Crippen LogP contribution is 2.38. The van der Waals surface area contributed by atoms with Gasteiger partial charge in [-0.25, -0.2) is 4.68 Å². The van der Waals surface area contributed by atoms with Gasteiger partial charge in [0.1, 0.15) is 11.9 Å². The van der Waals surface area contributed by atoms with Crippen molar-refractivity contribution in [2.24, 2.45) is 0 Å². The minimum Gasteiger partial charge on any atom is -0.493 e. The Kier molecular flexibility index (Phi) is 5.37. The molecule has 0 saturated heterocycles. The van der Waals surface area contributed by atoms with Crippen molar-refractivity contribution in [2.75, 3.05) is 24.9 Å². The Bertz CT molecular complexity index is 1170. The first-order valence-corrected chi connectivity index (χ1v) is 9.89. The minimum atomic E-state index is -0.751. The SMILES string of the molecule is COc1ccc(-c2cnn3c2NC(=O)CC3C(=O)Nc2ccc(C)c(C)c2)cc1OC. The number of rotatable bonds is 5. The van der Waals surface area contributed by atoms with E-state index in [4.69, 9.17) is 9.47 Å². The van der Waals surface area contributed by atoms with E-state index in [1.807, 2.05) is 44.2 Å².